The zero-order valence-electron chi connectivity index (χ0n) is 8.80. The van der Waals surface area contributed by atoms with Crippen LogP contribution in [0.1, 0.15) is 6.92 Å². The van der Waals surface area contributed by atoms with Gasteiger partial charge >= 0.3 is 0 Å². The number of azo groups is 1. The van der Waals surface area contributed by atoms with Crippen molar-refractivity contribution in [3.05, 3.63) is 66.9 Å². The van der Waals surface area contributed by atoms with Crippen molar-refractivity contribution in [3.63, 3.8) is 0 Å². The topological polar surface area (TPSA) is 24.7 Å². The van der Waals surface area contributed by atoms with Gasteiger partial charge in [0.2, 0.25) is 0 Å². The van der Waals surface area contributed by atoms with Gasteiger partial charge in [-0.15, -0.1) is 0 Å². The molecule has 0 saturated heterocycles. The summed E-state index contributed by atoms with van der Waals surface area (Å²) < 4.78 is 0. The van der Waals surface area contributed by atoms with E-state index in [0.717, 1.165) is 11.4 Å². The van der Waals surface area contributed by atoms with E-state index in [-0.39, 0.29) is 0 Å². The minimum absolute atomic E-state index is 0.788. The Hall–Kier alpha value is -1.96. The van der Waals surface area contributed by atoms with Crippen LogP contribution in [0.3, 0.4) is 0 Å². The average Bonchev–Trinajstić information content (AvgIpc) is 2.28. The second-order valence-corrected chi connectivity index (χ2v) is 2.86. The minimum atomic E-state index is 0.788. The first-order chi connectivity index (χ1) is 7.36. The van der Waals surface area contributed by atoms with Crippen molar-refractivity contribution in [1.29, 1.82) is 0 Å². The maximum absolute atomic E-state index is 4.10. The van der Waals surface area contributed by atoms with Crippen molar-refractivity contribution in [1.82, 2.24) is 0 Å². The van der Waals surface area contributed by atoms with E-state index in [9.17, 15) is 0 Å². The van der Waals surface area contributed by atoms with E-state index in [1.165, 1.54) is 0 Å². The lowest BCUT2D eigenvalue weighted by atomic mass is 10.3. The molecule has 1 rings (SSSR count). The van der Waals surface area contributed by atoms with Crippen LogP contribution in [0.2, 0.25) is 0 Å². The quantitative estimate of drug-likeness (QED) is 0.505. The largest absolute Gasteiger partial charge is 0.151 e. The van der Waals surface area contributed by atoms with Crippen LogP contribution in [0.4, 0.5) is 5.69 Å². The summed E-state index contributed by atoms with van der Waals surface area (Å²) in [5.74, 6) is 0. The number of hydrogen-bond acceptors (Lipinski definition) is 2. The molecule has 0 bridgehead atoms. The maximum Gasteiger partial charge on any atom is 0.0857 e. The molecule has 0 radical (unpaired) electrons. The van der Waals surface area contributed by atoms with Crippen molar-refractivity contribution in [3.8, 4) is 0 Å². The molecule has 0 aromatic heterocycles. The van der Waals surface area contributed by atoms with E-state index in [1.807, 2.05) is 55.5 Å². The fraction of sp³-hybridized carbons (Fsp3) is 0.0769. The molecule has 1 aromatic rings. The van der Waals surface area contributed by atoms with Crippen molar-refractivity contribution in [2.75, 3.05) is 0 Å². The lowest BCUT2D eigenvalue weighted by Crippen LogP contribution is -1.69. The molecule has 1 aromatic carbocycles. The summed E-state index contributed by atoms with van der Waals surface area (Å²) in [5.41, 5.74) is 1.63. The lowest BCUT2D eigenvalue weighted by Gasteiger charge is -1.91. The predicted molar refractivity (Wildman–Crippen MR) is 64.1 cm³/mol. The number of allylic oxidation sites excluding steroid dienone is 4. The summed E-state index contributed by atoms with van der Waals surface area (Å²) in [6.45, 7) is 5.57. The van der Waals surface area contributed by atoms with Crippen molar-refractivity contribution in [2.45, 2.75) is 6.92 Å². The smallest absolute Gasteiger partial charge is 0.0857 e. The van der Waals surface area contributed by atoms with E-state index in [4.69, 9.17) is 0 Å². The zero-order valence-corrected chi connectivity index (χ0v) is 8.80. The highest BCUT2D eigenvalue weighted by atomic mass is 15.1. The first kappa shape index (κ1) is 11.1. The summed E-state index contributed by atoms with van der Waals surface area (Å²) in [7, 11) is 0. The van der Waals surface area contributed by atoms with Crippen LogP contribution in [0.15, 0.2) is 77.1 Å². The van der Waals surface area contributed by atoms with Crippen LogP contribution in [0.5, 0.6) is 0 Å². The molecule has 0 aliphatic carbocycles. The highest BCUT2D eigenvalue weighted by Gasteiger charge is 1.87. The van der Waals surface area contributed by atoms with Gasteiger partial charge in [-0.25, -0.2) is 0 Å². The molecule has 0 aliphatic rings. The molecule has 0 aliphatic heterocycles. The summed E-state index contributed by atoms with van der Waals surface area (Å²) in [4.78, 5) is 0. The first-order valence-electron chi connectivity index (χ1n) is 4.79. The summed E-state index contributed by atoms with van der Waals surface area (Å²) >= 11 is 0. The van der Waals surface area contributed by atoms with Crippen LogP contribution in [0, 0.1) is 0 Å². The average molecular weight is 198 g/mol. The summed E-state index contributed by atoms with van der Waals surface area (Å²) in [6, 6.07) is 9.63. The Morgan fingerprint density at radius 1 is 1.27 bits per heavy atom. The molecule has 0 heterocycles. The highest BCUT2D eigenvalue weighted by molar-refractivity contribution is 5.35. The van der Waals surface area contributed by atoms with Gasteiger partial charge in [-0.3, -0.25) is 0 Å². The van der Waals surface area contributed by atoms with Gasteiger partial charge in [-0.05, 0) is 31.2 Å². The van der Waals surface area contributed by atoms with Crippen LogP contribution < -0.4 is 0 Å². The van der Waals surface area contributed by atoms with E-state index in [2.05, 4.69) is 16.8 Å². The Morgan fingerprint density at radius 2 is 2.00 bits per heavy atom. The van der Waals surface area contributed by atoms with Gasteiger partial charge in [0.05, 0.1) is 11.4 Å². The van der Waals surface area contributed by atoms with E-state index >= 15 is 0 Å². The SMILES string of the molecule is C=C/C=C(\C=C\C)N=Nc1ccccc1. The molecule has 0 amide bonds. The van der Waals surface area contributed by atoms with Crippen LogP contribution in [-0.2, 0) is 0 Å². The van der Waals surface area contributed by atoms with Gasteiger partial charge in [0.1, 0.15) is 0 Å². The molecule has 0 saturated carbocycles. The first-order valence-corrected chi connectivity index (χ1v) is 4.79. The van der Waals surface area contributed by atoms with Gasteiger partial charge in [0, 0.05) is 0 Å². The molecule has 0 spiro atoms. The lowest BCUT2D eigenvalue weighted by molar-refractivity contribution is 1.17. The van der Waals surface area contributed by atoms with E-state index in [1.54, 1.807) is 6.08 Å². The van der Waals surface area contributed by atoms with Gasteiger partial charge < -0.3 is 0 Å². The normalized spacial score (nSPS) is 12.5. The Balaban J connectivity index is 2.79. The third kappa shape index (κ3) is 4.18. The standard InChI is InChI=1S/C13H14N2/c1-3-8-12(9-4-2)14-15-13-10-6-5-7-11-13/h3-11H,1H2,2H3/b9-4+,12-8+,15-14?. The molecular weight excluding hydrogens is 184 g/mol. The fourth-order valence-corrected chi connectivity index (χ4v) is 1.02. The van der Waals surface area contributed by atoms with Gasteiger partial charge in [0.25, 0.3) is 0 Å². The Labute approximate surface area is 90.4 Å². The Morgan fingerprint density at radius 3 is 2.60 bits per heavy atom. The Bertz CT molecular complexity index is 386. The monoisotopic (exact) mass is 198 g/mol. The molecule has 0 unspecified atom stereocenters. The maximum atomic E-state index is 4.10. The highest BCUT2D eigenvalue weighted by Crippen LogP contribution is 2.12. The predicted octanol–water partition coefficient (Wildman–Crippen LogP) is 4.42. The van der Waals surface area contributed by atoms with Gasteiger partial charge in [0.15, 0.2) is 0 Å². The molecule has 15 heavy (non-hydrogen) atoms. The number of nitrogens with zero attached hydrogens (tertiary/aromatic N) is 2. The van der Waals surface area contributed by atoms with E-state index < -0.39 is 0 Å². The summed E-state index contributed by atoms with van der Waals surface area (Å²) in [6.07, 6.45) is 7.30. The van der Waals surface area contributed by atoms with Gasteiger partial charge in [-0.1, -0.05) is 36.9 Å². The second-order valence-electron chi connectivity index (χ2n) is 2.86. The van der Waals surface area contributed by atoms with Crippen LogP contribution >= 0.6 is 0 Å². The number of hydrogen-bond donors (Lipinski definition) is 0. The molecular formula is C13H14N2. The molecule has 0 fully saturated rings. The van der Waals surface area contributed by atoms with Crippen molar-refractivity contribution in [2.24, 2.45) is 10.2 Å². The van der Waals surface area contributed by atoms with Crippen LogP contribution in [-0.4, -0.2) is 0 Å². The third-order valence-corrected chi connectivity index (χ3v) is 1.66. The molecule has 2 heteroatoms. The fourth-order valence-electron chi connectivity index (χ4n) is 1.02. The Kier molecular flexibility index (Phi) is 4.81. The second kappa shape index (κ2) is 6.49. The summed E-state index contributed by atoms with van der Waals surface area (Å²) in [5, 5.41) is 8.20. The molecule has 0 N–H and O–H groups in total. The minimum Gasteiger partial charge on any atom is -0.151 e. The van der Waals surface area contributed by atoms with E-state index in [0.29, 0.717) is 0 Å². The zero-order chi connectivity index (χ0) is 10.9. The number of rotatable bonds is 4. The molecule has 76 valence electrons. The van der Waals surface area contributed by atoms with Crippen LogP contribution in [0.25, 0.3) is 0 Å². The number of benzene rings is 1. The van der Waals surface area contributed by atoms with Crippen molar-refractivity contribution >= 4 is 5.69 Å². The third-order valence-electron chi connectivity index (χ3n) is 1.66. The molecule has 0 atom stereocenters. The molecule has 2 nitrogen and oxygen atoms in total. The van der Waals surface area contributed by atoms with Gasteiger partial charge in [-0.2, -0.15) is 10.2 Å². The van der Waals surface area contributed by atoms with Crippen molar-refractivity contribution < 1.29 is 0 Å².